The van der Waals surface area contributed by atoms with E-state index in [1.54, 1.807) is 25.1 Å². The van der Waals surface area contributed by atoms with Crippen LogP contribution in [0.25, 0.3) is 15.9 Å². The number of nitrogens with zero attached hydrogens (tertiary/aromatic N) is 4. The summed E-state index contributed by atoms with van der Waals surface area (Å²) in [5.41, 5.74) is 1.23. The van der Waals surface area contributed by atoms with Crippen LogP contribution in [0.15, 0.2) is 42.5 Å². The first-order valence-corrected chi connectivity index (χ1v) is 8.39. The first-order valence-electron chi connectivity index (χ1n) is 7.57. The number of thiazole rings is 1. The van der Waals surface area contributed by atoms with E-state index in [0.29, 0.717) is 21.0 Å². The number of fused-ring (bicyclic) bond motifs is 1. The Kier molecular flexibility index (Phi) is 3.92. The van der Waals surface area contributed by atoms with Gasteiger partial charge in [-0.3, -0.25) is 10.1 Å². The van der Waals surface area contributed by atoms with Crippen molar-refractivity contribution in [2.45, 2.75) is 6.92 Å². The summed E-state index contributed by atoms with van der Waals surface area (Å²) in [6.45, 7) is 1.62. The van der Waals surface area contributed by atoms with Crippen molar-refractivity contribution in [3.05, 3.63) is 65.5 Å². The van der Waals surface area contributed by atoms with E-state index in [1.165, 1.54) is 28.9 Å². The number of anilines is 1. The van der Waals surface area contributed by atoms with E-state index in [4.69, 9.17) is 0 Å². The average Bonchev–Trinajstić information content (AvgIpc) is 3.18. The van der Waals surface area contributed by atoms with Crippen LogP contribution in [-0.2, 0) is 0 Å². The highest BCUT2D eigenvalue weighted by molar-refractivity contribution is 7.22. The van der Waals surface area contributed by atoms with Crippen molar-refractivity contribution in [3.8, 4) is 5.69 Å². The fourth-order valence-electron chi connectivity index (χ4n) is 2.50. The minimum Gasteiger partial charge on any atom is -0.296 e. The summed E-state index contributed by atoms with van der Waals surface area (Å²) in [6.07, 6.45) is 0. The van der Waals surface area contributed by atoms with Crippen molar-refractivity contribution in [1.29, 1.82) is 0 Å². The van der Waals surface area contributed by atoms with Crippen molar-refractivity contribution >= 4 is 32.6 Å². The van der Waals surface area contributed by atoms with E-state index >= 15 is 0 Å². The second-order valence-corrected chi connectivity index (χ2v) is 6.50. The van der Waals surface area contributed by atoms with Crippen LogP contribution in [0, 0.1) is 18.6 Å². The number of hydrogen-bond acceptors (Lipinski definition) is 5. The molecule has 2 aromatic carbocycles. The quantitative estimate of drug-likeness (QED) is 0.596. The Hall–Kier alpha value is -3.20. The molecule has 6 nitrogen and oxygen atoms in total. The molecule has 0 spiro atoms. The zero-order chi connectivity index (χ0) is 18.3. The number of amides is 1. The van der Waals surface area contributed by atoms with Crippen LogP contribution in [0.5, 0.6) is 0 Å². The van der Waals surface area contributed by atoms with Crippen LogP contribution < -0.4 is 5.32 Å². The van der Waals surface area contributed by atoms with Gasteiger partial charge in [-0.15, -0.1) is 5.10 Å². The fourth-order valence-corrected chi connectivity index (χ4v) is 3.39. The monoisotopic (exact) mass is 371 g/mol. The summed E-state index contributed by atoms with van der Waals surface area (Å²) >= 11 is 1.15. The van der Waals surface area contributed by atoms with Gasteiger partial charge >= 0.3 is 0 Å². The first kappa shape index (κ1) is 16.3. The molecule has 0 fully saturated rings. The molecule has 2 aromatic heterocycles. The number of para-hydroxylation sites is 1. The molecule has 0 atom stereocenters. The van der Waals surface area contributed by atoms with Gasteiger partial charge in [0.25, 0.3) is 5.91 Å². The van der Waals surface area contributed by atoms with Crippen LogP contribution in [0.1, 0.15) is 16.2 Å². The lowest BCUT2D eigenvalue weighted by Gasteiger charge is -2.04. The van der Waals surface area contributed by atoms with Crippen LogP contribution >= 0.6 is 11.3 Å². The Morgan fingerprint density at radius 2 is 2.00 bits per heavy atom. The molecule has 0 aliphatic heterocycles. The molecule has 0 radical (unpaired) electrons. The molecular weight excluding hydrogens is 360 g/mol. The lowest BCUT2D eigenvalue weighted by atomic mass is 10.2. The normalized spacial score (nSPS) is 11.0. The van der Waals surface area contributed by atoms with Gasteiger partial charge in [-0.05, 0) is 37.3 Å². The summed E-state index contributed by atoms with van der Waals surface area (Å²) < 4.78 is 29.1. The summed E-state index contributed by atoms with van der Waals surface area (Å²) in [4.78, 5) is 16.7. The smallest absolute Gasteiger partial charge is 0.279 e. The standard InChI is InChI=1S/C17H11F2N5OS/c1-9-15(22-23-24(9)13-5-3-2-4-11(13)19)16(25)21-17-20-12-7-6-10(18)8-14(12)26-17/h2-8H,1H3,(H,20,21,25). The molecule has 0 aliphatic carbocycles. The molecule has 2 heterocycles. The van der Waals surface area contributed by atoms with Crippen LogP contribution in [-0.4, -0.2) is 25.9 Å². The van der Waals surface area contributed by atoms with E-state index in [0.717, 1.165) is 11.3 Å². The Bertz CT molecular complexity index is 1140. The van der Waals surface area contributed by atoms with Gasteiger partial charge in [-0.2, -0.15) is 0 Å². The van der Waals surface area contributed by atoms with Gasteiger partial charge < -0.3 is 0 Å². The third-order valence-corrected chi connectivity index (χ3v) is 4.69. The second kappa shape index (κ2) is 6.26. The maximum Gasteiger partial charge on any atom is 0.279 e. The number of nitrogens with one attached hydrogen (secondary N) is 1. The molecule has 0 unspecified atom stereocenters. The Balaban J connectivity index is 1.63. The maximum atomic E-state index is 13.9. The lowest BCUT2D eigenvalue weighted by molar-refractivity contribution is 0.102. The molecule has 4 rings (SSSR count). The average molecular weight is 371 g/mol. The summed E-state index contributed by atoms with van der Waals surface area (Å²) in [5, 5.41) is 10.7. The van der Waals surface area contributed by atoms with Crippen molar-refractivity contribution in [3.63, 3.8) is 0 Å². The van der Waals surface area contributed by atoms with Gasteiger partial charge in [0.1, 0.15) is 17.3 Å². The Morgan fingerprint density at radius 3 is 2.81 bits per heavy atom. The molecule has 1 N–H and O–H groups in total. The third kappa shape index (κ3) is 2.82. The number of rotatable bonds is 3. The first-order chi connectivity index (χ1) is 12.5. The maximum absolute atomic E-state index is 13.9. The number of benzene rings is 2. The molecule has 0 aliphatic rings. The van der Waals surface area contributed by atoms with Gasteiger partial charge in [0.15, 0.2) is 10.8 Å². The van der Waals surface area contributed by atoms with Crippen LogP contribution in [0.3, 0.4) is 0 Å². The number of aromatic nitrogens is 4. The van der Waals surface area contributed by atoms with Crippen LogP contribution in [0.4, 0.5) is 13.9 Å². The van der Waals surface area contributed by atoms with Crippen LogP contribution in [0.2, 0.25) is 0 Å². The van der Waals surface area contributed by atoms with Gasteiger partial charge in [-0.25, -0.2) is 18.4 Å². The van der Waals surface area contributed by atoms with Gasteiger partial charge in [0, 0.05) is 0 Å². The van der Waals surface area contributed by atoms with E-state index in [-0.39, 0.29) is 17.2 Å². The van der Waals surface area contributed by atoms with Crippen molar-refractivity contribution in [1.82, 2.24) is 20.0 Å². The molecule has 0 saturated carbocycles. The zero-order valence-electron chi connectivity index (χ0n) is 13.4. The highest BCUT2D eigenvalue weighted by Crippen LogP contribution is 2.27. The van der Waals surface area contributed by atoms with E-state index in [1.807, 2.05) is 0 Å². The number of carbonyl (C=O) groups is 1. The van der Waals surface area contributed by atoms with Crippen molar-refractivity contribution in [2.75, 3.05) is 5.32 Å². The number of halogens is 2. The van der Waals surface area contributed by atoms with Crippen molar-refractivity contribution < 1.29 is 13.6 Å². The molecule has 1 amide bonds. The third-order valence-electron chi connectivity index (χ3n) is 3.76. The molecule has 26 heavy (non-hydrogen) atoms. The summed E-state index contributed by atoms with van der Waals surface area (Å²) in [6, 6.07) is 10.3. The van der Waals surface area contributed by atoms with Gasteiger partial charge in [-0.1, -0.05) is 28.7 Å². The lowest BCUT2D eigenvalue weighted by Crippen LogP contribution is -2.14. The predicted octanol–water partition coefficient (Wildman–Crippen LogP) is 3.72. The molecule has 0 saturated heterocycles. The Morgan fingerprint density at radius 1 is 1.19 bits per heavy atom. The van der Waals surface area contributed by atoms with Gasteiger partial charge in [0.05, 0.1) is 15.9 Å². The zero-order valence-corrected chi connectivity index (χ0v) is 14.2. The second-order valence-electron chi connectivity index (χ2n) is 5.47. The van der Waals surface area contributed by atoms with E-state index < -0.39 is 11.7 Å². The van der Waals surface area contributed by atoms with Crippen molar-refractivity contribution in [2.24, 2.45) is 0 Å². The molecule has 130 valence electrons. The highest BCUT2D eigenvalue weighted by atomic mass is 32.1. The SMILES string of the molecule is Cc1c(C(=O)Nc2nc3ccc(F)cc3s2)nnn1-c1ccccc1F. The summed E-state index contributed by atoms with van der Waals surface area (Å²) in [5.74, 6) is -1.37. The Labute approximate surface area is 150 Å². The fraction of sp³-hybridized carbons (Fsp3) is 0.0588. The molecular formula is C17H11F2N5OS. The minimum atomic E-state index is -0.524. The topological polar surface area (TPSA) is 72.7 Å². The predicted molar refractivity (Wildman–Crippen MR) is 93.6 cm³/mol. The largest absolute Gasteiger partial charge is 0.296 e. The molecule has 4 aromatic rings. The number of hydrogen-bond donors (Lipinski definition) is 1. The van der Waals surface area contributed by atoms with E-state index in [2.05, 4.69) is 20.6 Å². The van der Waals surface area contributed by atoms with E-state index in [9.17, 15) is 13.6 Å². The highest BCUT2D eigenvalue weighted by Gasteiger charge is 2.20. The molecule has 0 bridgehead atoms. The summed E-state index contributed by atoms with van der Waals surface area (Å²) in [7, 11) is 0. The van der Waals surface area contributed by atoms with Gasteiger partial charge in [0.2, 0.25) is 0 Å². The number of carbonyl (C=O) groups excluding carboxylic acids is 1. The molecule has 9 heteroatoms. The minimum absolute atomic E-state index is 0.0543.